The first kappa shape index (κ1) is 12.8. The van der Waals surface area contributed by atoms with E-state index in [9.17, 15) is 4.79 Å². The van der Waals surface area contributed by atoms with E-state index >= 15 is 0 Å². The molecule has 0 aromatic carbocycles. The van der Waals surface area contributed by atoms with Crippen molar-refractivity contribution in [2.75, 3.05) is 27.2 Å². The molecule has 1 aromatic heterocycles. The van der Waals surface area contributed by atoms with E-state index in [0.29, 0.717) is 11.7 Å². The molecule has 1 aliphatic rings. The number of carboxylic acids is 1. The normalized spacial score (nSPS) is 20.7. The first-order chi connectivity index (χ1) is 8.61. The minimum absolute atomic E-state index is 0.190. The van der Waals surface area contributed by atoms with Crippen LogP contribution in [0.3, 0.4) is 0 Å². The Morgan fingerprint density at radius 1 is 1.61 bits per heavy atom. The predicted molar refractivity (Wildman–Crippen MR) is 67.2 cm³/mol. The highest BCUT2D eigenvalue weighted by Crippen LogP contribution is 2.27. The summed E-state index contributed by atoms with van der Waals surface area (Å²) < 4.78 is 5.02. The van der Waals surface area contributed by atoms with Gasteiger partial charge in [0, 0.05) is 18.2 Å². The summed E-state index contributed by atoms with van der Waals surface area (Å²) >= 11 is 0. The minimum Gasteiger partial charge on any atom is -0.494 e. The van der Waals surface area contributed by atoms with Crippen LogP contribution in [0.15, 0.2) is 12.3 Å². The molecule has 1 N–H and O–H groups in total. The second-order valence-corrected chi connectivity index (χ2v) is 4.72. The molecule has 0 spiro atoms. The molecule has 0 bridgehead atoms. The maximum atomic E-state index is 11.2. The summed E-state index contributed by atoms with van der Waals surface area (Å²) in [6.07, 6.45) is 3.69. The molecule has 0 aliphatic carbocycles. The monoisotopic (exact) mass is 250 g/mol. The molecule has 5 heteroatoms. The average molecular weight is 250 g/mol. The van der Waals surface area contributed by atoms with E-state index in [4.69, 9.17) is 9.84 Å². The van der Waals surface area contributed by atoms with Crippen molar-refractivity contribution in [2.24, 2.45) is 0 Å². The highest BCUT2D eigenvalue weighted by atomic mass is 16.5. The van der Waals surface area contributed by atoms with Gasteiger partial charge in [-0.2, -0.15) is 0 Å². The molecular weight excluding hydrogens is 232 g/mol. The molecule has 5 nitrogen and oxygen atoms in total. The molecule has 18 heavy (non-hydrogen) atoms. The molecule has 0 radical (unpaired) electrons. The fourth-order valence-corrected chi connectivity index (χ4v) is 2.42. The summed E-state index contributed by atoms with van der Waals surface area (Å²) in [5, 5.41) is 9.15. The molecule has 0 amide bonds. The van der Waals surface area contributed by atoms with Crippen molar-refractivity contribution >= 4 is 5.97 Å². The van der Waals surface area contributed by atoms with E-state index in [-0.39, 0.29) is 5.56 Å². The number of rotatable bonds is 3. The van der Waals surface area contributed by atoms with Gasteiger partial charge < -0.3 is 14.7 Å². The molecule has 2 heterocycles. The fraction of sp³-hybridized carbons (Fsp3) is 0.538. The summed E-state index contributed by atoms with van der Waals surface area (Å²) in [7, 11) is 3.53. The maximum Gasteiger partial charge on any atom is 0.339 e. The zero-order valence-corrected chi connectivity index (χ0v) is 10.7. The molecule has 1 unspecified atom stereocenters. The number of pyridine rings is 1. The summed E-state index contributed by atoms with van der Waals surface area (Å²) in [6, 6.07) is 1.64. The van der Waals surface area contributed by atoms with Gasteiger partial charge in [0.2, 0.25) is 0 Å². The van der Waals surface area contributed by atoms with Crippen molar-refractivity contribution in [3.05, 3.63) is 23.5 Å². The number of likely N-dealkylation sites (tertiary alicyclic amines) is 1. The third-order valence-electron chi connectivity index (χ3n) is 3.38. The van der Waals surface area contributed by atoms with E-state index in [1.807, 2.05) is 0 Å². The molecule has 1 aliphatic heterocycles. The SMILES string of the molecule is COc1cnc(C2CCCN(C)C2)cc1C(=O)O. The van der Waals surface area contributed by atoms with Crippen molar-refractivity contribution < 1.29 is 14.6 Å². The van der Waals surface area contributed by atoms with Crippen LogP contribution in [-0.2, 0) is 0 Å². The number of carboxylic acid groups (broad SMARTS) is 1. The number of piperidine rings is 1. The molecule has 1 aromatic rings. The second kappa shape index (κ2) is 5.35. The van der Waals surface area contributed by atoms with Crippen LogP contribution in [0, 0.1) is 0 Å². The second-order valence-electron chi connectivity index (χ2n) is 4.72. The number of hydrogen-bond acceptors (Lipinski definition) is 4. The number of nitrogens with zero attached hydrogens (tertiary/aromatic N) is 2. The van der Waals surface area contributed by atoms with Crippen molar-refractivity contribution in [3.8, 4) is 5.75 Å². The van der Waals surface area contributed by atoms with E-state index < -0.39 is 5.97 Å². The zero-order chi connectivity index (χ0) is 13.1. The number of aromatic nitrogens is 1. The fourth-order valence-electron chi connectivity index (χ4n) is 2.42. The molecule has 1 saturated heterocycles. The lowest BCUT2D eigenvalue weighted by Crippen LogP contribution is -2.31. The van der Waals surface area contributed by atoms with Crippen LogP contribution < -0.4 is 4.74 Å². The maximum absolute atomic E-state index is 11.2. The zero-order valence-electron chi connectivity index (χ0n) is 10.7. The van der Waals surface area contributed by atoms with E-state index in [1.54, 1.807) is 6.07 Å². The van der Waals surface area contributed by atoms with Crippen LogP contribution in [0.2, 0.25) is 0 Å². The third-order valence-corrected chi connectivity index (χ3v) is 3.38. The third kappa shape index (κ3) is 2.61. The van der Waals surface area contributed by atoms with Gasteiger partial charge in [-0.3, -0.25) is 4.98 Å². The van der Waals surface area contributed by atoms with E-state index in [1.165, 1.54) is 13.3 Å². The average Bonchev–Trinajstić information content (AvgIpc) is 2.38. The largest absolute Gasteiger partial charge is 0.494 e. The van der Waals surface area contributed by atoms with Crippen LogP contribution in [0.5, 0.6) is 5.75 Å². The topological polar surface area (TPSA) is 62.7 Å². The lowest BCUT2D eigenvalue weighted by Gasteiger charge is -2.29. The van der Waals surface area contributed by atoms with Gasteiger partial charge in [0.05, 0.1) is 13.3 Å². The molecule has 1 fully saturated rings. The highest BCUT2D eigenvalue weighted by molar-refractivity contribution is 5.90. The van der Waals surface area contributed by atoms with Crippen molar-refractivity contribution in [1.29, 1.82) is 0 Å². The first-order valence-electron chi connectivity index (χ1n) is 6.07. The van der Waals surface area contributed by atoms with Crippen molar-refractivity contribution in [1.82, 2.24) is 9.88 Å². The standard InChI is InChI=1S/C13H18N2O3/c1-15-5-3-4-9(8-15)11-6-10(13(16)17)12(18-2)7-14-11/h6-7,9H,3-5,8H2,1-2H3,(H,16,17). The van der Waals surface area contributed by atoms with Gasteiger partial charge in [-0.15, -0.1) is 0 Å². The first-order valence-corrected chi connectivity index (χ1v) is 6.07. The highest BCUT2D eigenvalue weighted by Gasteiger charge is 2.22. The number of carbonyl (C=O) groups is 1. The van der Waals surface area contributed by atoms with Gasteiger partial charge in [0.25, 0.3) is 0 Å². The van der Waals surface area contributed by atoms with Gasteiger partial charge in [-0.25, -0.2) is 4.79 Å². The van der Waals surface area contributed by atoms with Gasteiger partial charge in [-0.05, 0) is 32.5 Å². The lowest BCUT2D eigenvalue weighted by molar-refractivity contribution is 0.0693. The summed E-state index contributed by atoms with van der Waals surface area (Å²) in [4.78, 5) is 17.7. The van der Waals surface area contributed by atoms with Crippen molar-refractivity contribution in [2.45, 2.75) is 18.8 Å². The van der Waals surface area contributed by atoms with E-state index in [2.05, 4.69) is 16.9 Å². The van der Waals surface area contributed by atoms with Crippen molar-refractivity contribution in [3.63, 3.8) is 0 Å². The number of likely N-dealkylation sites (N-methyl/N-ethyl adjacent to an activating group) is 1. The quantitative estimate of drug-likeness (QED) is 0.882. The molecule has 98 valence electrons. The lowest BCUT2D eigenvalue weighted by atomic mass is 9.94. The van der Waals surface area contributed by atoms with Crippen LogP contribution >= 0.6 is 0 Å². The Kier molecular flexibility index (Phi) is 3.81. The Bertz CT molecular complexity index is 448. The van der Waals surface area contributed by atoms with Crippen LogP contribution in [0.25, 0.3) is 0 Å². The Labute approximate surface area is 106 Å². The number of aromatic carboxylic acids is 1. The number of hydrogen-bond donors (Lipinski definition) is 1. The summed E-state index contributed by atoms with van der Waals surface area (Å²) in [5.41, 5.74) is 1.04. The smallest absolute Gasteiger partial charge is 0.339 e. The Balaban J connectivity index is 2.28. The minimum atomic E-state index is -0.973. The summed E-state index contributed by atoms with van der Waals surface area (Å²) in [6.45, 7) is 2.02. The Morgan fingerprint density at radius 3 is 3.00 bits per heavy atom. The number of ether oxygens (including phenoxy) is 1. The molecule has 1 atom stereocenters. The number of methoxy groups -OCH3 is 1. The van der Waals surface area contributed by atoms with E-state index in [0.717, 1.165) is 31.6 Å². The molecule has 2 rings (SSSR count). The Hall–Kier alpha value is -1.62. The summed E-state index contributed by atoms with van der Waals surface area (Å²) in [5.74, 6) is -0.345. The van der Waals surface area contributed by atoms with Crippen LogP contribution in [0.4, 0.5) is 0 Å². The van der Waals surface area contributed by atoms with Gasteiger partial charge >= 0.3 is 5.97 Å². The Morgan fingerprint density at radius 2 is 2.39 bits per heavy atom. The van der Waals surface area contributed by atoms with Gasteiger partial charge in [-0.1, -0.05) is 0 Å². The van der Waals surface area contributed by atoms with Gasteiger partial charge in [0.15, 0.2) is 5.75 Å². The van der Waals surface area contributed by atoms with Crippen LogP contribution in [-0.4, -0.2) is 48.2 Å². The predicted octanol–water partition coefficient (Wildman–Crippen LogP) is 1.60. The molecular formula is C13H18N2O3. The van der Waals surface area contributed by atoms with Gasteiger partial charge in [0.1, 0.15) is 5.56 Å². The van der Waals surface area contributed by atoms with Crippen LogP contribution in [0.1, 0.15) is 34.8 Å². The molecule has 0 saturated carbocycles.